The molecule has 4 rings (SSSR count). The van der Waals surface area contributed by atoms with Crippen molar-refractivity contribution in [1.29, 1.82) is 0 Å². The third kappa shape index (κ3) is 2.90. The van der Waals surface area contributed by atoms with Crippen molar-refractivity contribution in [3.63, 3.8) is 0 Å². The van der Waals surface area contributed by atoms with E-state index in [1.807, 2.05) is 0 Å². The average molecular weight is 351 g/mol. The number of pyridine rings is 1. The predicted octanol–water partition coefficient (Wildman–Crippen LogP) is 4.13. The minimum absolute atomic E-state index is 0.0964. The molecule has 0 unspecified atom stereocenters. The van der Waals surface area contributed by atoms with Gasteiger partial charge in [0, 0.05) is 41.7 Å². The van der Waals surface area contributed by atoms with E-state index in [2.05, 4.69) is 15.3 Å². The van der Waals surface area contributed by atoms with Crippen LogP contribution in [0.15, 0.2) is 54.7 Å². The molecule has 3 heterocycles. The van der Waals surface area contributed by atoms with E-state index in [1.165, 1.54) is 24.4 Å². The highest BCUT2D eigenvalue weighted by Crippen LogP contribution is 2.30. The van der Waals surface area contributed by atoms with E-state index in [4.69, 9.17) is 0 Å². The maximum Gasteiger partial charge on any atom is 0.253 e. The van der Waals surface area contributed by atoms with Crippen LogP contribution in [0.1, 0.15) is 27.3 Å². The Kier molecular flexibility index (Phi) is 4.08. The quantitative estimate of drug-likeness (QED) is 0.745. The number of aromatic nitrogens is 2. The van der Waals surface area contributed by atoms with Crippen LogP contribution in [0.4, 0.5) is 8.78 Å². The number of nitrogens with one attached hydrogen (secondary N) is 2. The van der Waals surface area contributed by atoms with Crippen LogP contribution in [0, 0.1) is 0 Å². The zero-order valence-corrected chi connectivity index (χ0v) is 13.7. The average Bonchev–Trinajstić information content (AvgIpc) is 3.13. The fourth-order valence-electron chi connectivity index (χ4n) is 2.99. The summed E-state index contributed by atoms with van der Waals surface area (Å²) in [6.45, 7) is 0.576. The SMILES string of the molecule is O=C1NCCc2[nH]c(-c3ccnc(/C(F)=C(/F)c4ccccc4)c3)cc21. The Morgan fingerprint density at radius 3 is 2.62 bits per heavy atom. The minimum atomic E-state index is -1.02. The van der Waals surface area contributed by atoms with Crippen molar-refractivity contribution in [2.75, 3.05) is 6.54 Å². The number of benzene rings is 1. The van der Waals surface area contributed by atoms with E-state index in [-0.39, 0.29) is 17.2 Å². The molecule has 0 radical (unpaired) electrons. The van der Waals surface area contributed by atoms with Crippen LogP contribution in [0.3, 0.4) is 0 Å². The number of fused-ring (bicyclic) bond motifs is 1. The van der Waals surface area contributed by atoms with Gasteiger partial charge in [0.15, 0.2) is 11.7 Å². The van der Waals surface area contributed by atoms with Crippen molar-refractivity contribution in [2.45, 2.75) is 6.42 Å². The second kappa shape index (κ2) is 6.55. The first-order chi connectivity index (χ1) is 12.6. The second-order valence-corrected chi connectivity index (χ2v) is 6.00. The number of carbonyl (C=O) groups is 1. The fraction of sp³-hybridized carbons (Fsp3) is 0.100. The van der Waals surface area contributed by atoms with Crippen molar-refractivity contribution in [3.05, 3.63) is 77.2 Å². The van der Waals surface area contributed by atoms with Crippen molar-refractivity contribution in [1.82, 2.24) is 15.3 Å². The molecule has 1 aliphatic heterocycles. The molecular weight excluding hydrogens is 336 g/mol. The summed E-state index contributed by atoms with van der Waals surface area (Å²) < 4.78 is 29.0. The summed E-state index contributed by atoms with van der Waals surface area (Å²) in [6.07, 6.45) is 2.12. The second-order valence-electron chi connectivity index (χ2n) is 6.00. The Labute approximate surface area is 148 Å². The lowest BCUT2D eigenvalue weighted by molar-refractivity contribution is 0.0946. The summed E-state index contributed by atoms with van der Waals surface area (Å²) in [5.74, 6) is -2.11. The van der Waals surface area contributed by atoms with Crippen LogP contribution < -0.4 is 5.32 Å². The molecule has 1 aromatic carbocycles. The molecule has 0 bridgehead atoms. The molecule has 0 spiro atoms. The number of nitrogens with zero attached hydrogens (tertiary/aromatic N) is 1. The topological polar surface area (TPSA) is 57.8 Å². The summed E-state index contributed by atoms with van der Waals surface area (Å²) >= 11 is 0. The van der Waals surface area contributed by atoms with E-state index in [0.29, 0.717) is 29.8 Å². The summed E-state index contributed by atoms with van der Waals surface area (Å²) in [6, 6.07) is 12.9. The first-order valence-corrected chi connectivity index (χ1v) is 8.21. The standard InChI is InChI=1S/C20H15F2N3O/c21-18(12-4-2-1-3-5-12)19(22)17-10-13(6-8-23-17)16-11-14-15(25-16)7-9-24-20(14)26/h1-6,8,10-11,25H,7,9H2,(H,24,26)/b19-18-. The van der Waals surface area contributed by atoms with Gasteiger partial charge >= 0.3 is 0 Å². The van der Waals surface area contributed by atoms with Gasteiger partial charge in [-0.05, 0) is 18.2 Å². The van der Waals surface area contributed by atoms with Crippen LogP contribution in [-0.4, -0.2) is 22.4 Å². The van der Waals surface area contributed by atoms with Crippen LogP contribution in [0.25, 0.3) is 22.9 Å². The molecule has 0 saturated carbocycles. The van der Waals surface area contributed by atoms with Gasteiger partial charge in [-0.15, -0.1) is 0 Å². The van der Waals surface area contributed by atoms with Gasteiger partial charge < -0.3 is 10.3 Å². The van der Waals surface area contributed by atoms with Gasteiger partial charge in [-0.2, -0.15) is 0 Å². The Morgan fingerprint density at radius 1 is 1.04 bits per heavy atom. The lowest BCUT2D eigenvalue weighted by Gasteiger charge is -2.10. The number of amides is 1. The van der Waals surface area contributed by atoms with Crippen LogP contribution in [0.2, 0.25) is 0 Å². The van der Waals surface area contributed by atoms with Gasteiger partial charge in [0.1, 0.15) is 5.69 Å². The molecule has 0 aliphatic carbocycles. The first kappa shape index (κ1) is 16.2. The van der Waals surface area contributed by atoms with Crippen LogP contribution >= 0.6 is 0 Å². The van der Waals surface area contributed by atoms with Gasteiger partial charge in [-0.25, -0.2) is 8.78 Å². The van der Waals surface area contributed by atoms with Crippen molar-refractivity contribution < 1.29 is 13.6 Å². The predicted molar refractivity (Wildman–Crippen MR) is 95.5 cm³/mol. The molecule has 0 atom stereocenters. The highest BCUT2D eigenvalue weighted by Gasteiger charge is 2.20. The minimum Gasteiger partial charge on any atom is -0.358 e. The molecule has 1 amide bonds. The number of hydrogen-bond acceptors (Lipinski definition) is 2. The molecule has 0 saturated heterocycles. The largest absolute Gasteiger partial charge is 0.358 e. The Balaban J connectivity index is 1.73. The van der Waals surface area contributed by atoms with Crippen molar-refractivity contribution in [3.8, 4) is 11.3 Å². The molecule has 4 nitrogen and oxygen atoms in total. The zero-order valence-electron chi connectivity index (χ0n) is 13.7. The van der Waals surface area contributed by atoms with E-state index in [0.717, 1.165) is 5.69 Å². The van der Waals surface area contributed by atoms with E-state index >= 15 is 0 Å². The zero-order chi connectivity index (χ0) is 18.1. The maximum atomic E-state index is 14.6. The van der Waals surface area contributed by atoms with Gasteiger partial charge in [-0.1, -0.05) is 30.3 Å². The summed E-state index contributed by atoms with van der Waals surface area (Å²) in [5, 5.41) is 2.78. The molecule has 6 heteroatoms. The van der Waals surface area contributed by atoms with Gasteiger partial charge in [0.2, 0.25) is 0 Å². The fourth-order valence-corrected chi connectivity index (χ4v) is 2.99. The third-order valence-corrected chi connectivity index (χ3v) is 4.32. The van der Waals surface area contributed by atoms with E-state index in [1.54, 1.807) is 30.3 Å². The third-order valence-electron chi connectivity index (χ3n) is 4.32. The number of carbonyl (C=O) groups excluding carboxylic acids is 1. The lowest BCUT2D eigenvalue weighted by atomic mass is 10.1. The monoisotopic (exact) mass is 351 g/mol. The van der Waals surface area contributed by atoms with Crippen LogP contribution in [-0.2, 0) is 6.42 Å². The number of hydrogen-bond donors (Lipinski definition) is 2. The molecule has 2 aromatic heterocycles. The number of aromatic amines is 1. The molecule has 130 valence electrons. The number of halogens is 2. The smallest absolute Gasteiger partial charge is 0.253 e. The number of H-pyrrole nitrogens is 1. The van der Waals surface area contributed by atoms with Crippen LogP contribution in [0.5, 0.6) is 0 Å². The van der Waals surface area contributed by atoms with Crippen molar-refractivity contribution >= 4 is 17.6 Å². The highest BCUT2D eigenvalue weighted by molar-refractivity contribution is 5.97. The molecule has 26 heavy (non-hydrogen) atoms. The van der Waals surface area contributed by atoms with Crippen molar-refractivity contribution in [2.24, 2.45) is 0 Å². The van der Waals surface area contributed by atoms with E-state index in [9.17, 15) is 13.6 Å². The van der Waals surface area contributed by atoms with Gasteiger partial charge in [0.05, 0.1) is 5.56 Å². The maximum absolute atomic E-state index is 14.6. The van der Waals surface area contributed by atoms with E-state index < -0.39 is 11.7 Å². The highest BCUT2D eigenvalue weighted by atomic mass is 19.2. The molecule has 3 aromatic rings. The summed E-state index contributed by atoms with van der Waals surface area (Å²) in [7, 11) is 0. The number of rotatable bonds is 3. The summed E-state index contributed by atoms with van der Waals surface area (Å²) in [5.41, 5.74) is 2.78. The molecule has 2 N–H and O–H groups in total. The van der Waals surface area contributed by atoms with Gasteiger partial charge in [0.25, 0.3) is 5.91 Å². The Hall–Kier alpha value is -3.28. The first-order valence-electron chi connectivity index (χ1n) is 8.21. The molecular formula is C20H15F2N3O. The molecule has 0 fully saturated rings. The summed E-state index contributed by atoms with van der Waals surface area (Å²) in [4.78, 5) is 19.0. The Morgan fingerprint density at radius 2 is 1.85 bits per heavy atom. The molecule has 1 aliphatic rings. The lowest BCUT2D eigenvalue weighted by Crippen LogP contribution is -2.31. The van der Waals surface area contributed by atoms with Gasteiger partial charge in [-0.3, -0.25) is 9.78 Å². The Bertz CT molecular complexity index is 1010. The normalized spacial score (nSPS) is 14.5.